The van der Waals surface area contributed by atoms with Crippen molar-refractivity contribution in [3.05, 3.63) is 70.9 Å². The van der Waals surface area contributed by atoms with Crippen molar-refractivity contribution >= 4 is 35.4 Å². The number of para-hydroxylation sites is 1. The van der Waals surface area contributed by atoms with Crippen molar-refractivity contribution in [1.82, 2.24) is 10.2 Å². The van der Waals surface area contributed by atoms with Crippen molar-refractivity contribution < 1.29 is 19.1 Å². The van der Waals surface area contributed by atoms with Crippen LogP contribution in [0.3, 0.4) is 0 Å². The molecule has 3 amide bonds. The first-order valence-electron chi connectivity index (χ1n) is 10.4. The van der Waals surface area contributed by atoms with Gasteiger partial charge in [-0.2, -0.15) is 0 Å². The Balaban J connectivity index is 1.58. The van der Waals surface area contributed by atoms with Gasteiger partial charge in [0, 0.05) is 10.6 Å². The number of carbonyl (C=O) groups is 3. The molecule has 2 aromatic rings. The molecule has 0 unspecified atom stereocenters. The summed E-state index contributed by atoms with van der Waals surface area (Å²) in [4.78, 5) is 40.6. The number of hydrogen-bond acceptors (Lipinski definition) is 5. The first-order valence-corrected chi connectivity index (χ1v) is 11.6. The molecule has 166 valence electrons. The monoisotopic (exact) mass is 451 g/mol. The topological polar surface area (TPSA) is 87.7 Å². The first kappa shape index (κ1) is 22.0. The molecule has 0 aromatic heterocycles. The second-order valence-electron chi connectivity index (χ2n) is 7.97. The molecule has 0 fully saturated rings. The minimum absolute atomic E-state index is 0.0309. The first-order chi connectivity index (χ1) is 15.4. The van der Waals surface area contributed by atoms with Crippen molar-refractivity contribution in [2.45, 2.75) is 30.7 Å². The van der Waals surface area contributed by atoms with Crippen molar-refractivity contribution in [2.75, 3.05) is 24.7 Å². The largest absolute Gasteiger partial charge is 0.456 e. The number of benzene rings is 2. The predicted molar refractivity (Wildman–Crippen MR) is 123 cm³/mol. The Morgan fingerprint density at radius 3 is 2.59 bits per heavy atom. The van der Waals surface area contributed by atoms with Crippen LogP contribution in [0.5, 0.6) is 0 Å². The maximum Gasteiger partial charge on any atom is 0.338 e. The van der Waals surface area contributed by atoms with Gasteiger partial charge < -0.3 is 15.4 Å². The van der Waals surface area contributed by atoms with Gasteiger partial charge in [0.15, 0.2) is 0 Å². The van der Waals surface area contributed by atoms with Gasteiger partial charge in [0.25, 0.3) is 0 Å². The van der Waals surface area contributed by atoms with Crippen molar-refractivity contribution in [3.8, 4) is 0 Å². The molecule has 0 aliphatic carbocycles. The summed E-state index contributed by atoms with van der Waals surface area (Å²) in [6.45, 7) is 3.85. The fourth-order valence-corrected chi connectivity index (χ4v) is 4.38. The van der Waals surface area contributed by atoms with Gasteiger partial charge >= 0.3 is 12.0 Å². The molecule has 2 heterocycles. The van der Waals surface area contributed by atoms with Crippen LogP contribution in [0.15, 0.2) is 64.7 Å². The lowest BCUT2D eigenvalue weighted by molar-refractivity contribution is -0.136. The van der Waals surface area contributed by atoms with Gasteiger partial charge in [-0.25, -0.2) is 9.59 Å². The van der Waals surface area contributed by atoms with E-state index in [1.165, 1.54) is 4.90 Å². The Kier molecular flexibility index (Phi) is 6.23. The fraction of sp³-hybridized carbons (Fsp3) is 0.292. The highest BCUT2D eigenvalue weighted by Gasteiger charge is 2.42. The van der Waals surface area contributed by atoms with E-state index in [9.17, 15) is 14.4 Å². The van der Waals surface area contributed by atoms with Gasteiger partial charge in [-0.15, -0.1) is 11.8 Å². The van der Waals surface area contributed by atoms with E-state index in [4.69, 9.17) is 4.74 Å². The number of ether oxygens (including phenoxy) is 1. The minimum Gasteiger partial charge on any atom is -0.456 e. The number of nitrogens with zero attached hydrogens (tertiary/aromatic N) is 1. The Morgan fingerprint density at radius 1 is 1.19 bits per heavy atom. The number of urea groups is 1. The number of anilines is 1. The SMILES string of the molecule is CSc1ccc([C@@H]2NC(=O)N(CC(=O)Nc3ccccc3C(C)C)C3=C2C(=O)OC3)cc1. The highest BCUT2D eigenvalue weighted by molar-refractivity contribution is 7.98. The van der Waals surface area contributed by atoms with Gasteiger partial charge in [-0.05, 0) is 41.5 Å². The van der Waals surface area contributed by atoms with E-state index in [1.54, 1.807) is 11.8 Å². The van der Waals surface area contributed by atoms with Gasteiger partial charge in [0.1, 0.15) is 13.2 Å². The smallest absolute Gasteiger partial charge is 0.338 e. The lowest BCUT2D eigenvalue weighted by atomic mass is 9.96. The quantitative estimate of drug-likeness (QED) is 0.511. The molecule has 0 spiro atoms. The van der Waals surface area contributed by atoms with Crippen LogP contribution in [-0.4, -0.2) is 42.2 Å². The number of nitrogens with one attached hydrogen (secondary N) is 2. The van der Waals surface area contributed by atoms with Crippen LogP contribution in [0.2, 0.25) is 0 Å². The van der Waals surface area contributed by atoms with Gasteiger partial charge in [0.05, 0.1) is 17.3 Å². The molecule has 8 heteroatoms. The van der Waals surface area contributed by atoms with E-state index in [-0.39, 0.29) is 25.0 Å². The summed E-state index contributed by atoms with van der Waals surface area (Å²) in [5.41, 5.74) is 3.32. The zero-order valence-corrected chi connectivity index (χ0v) is 19.0. The summed E-state index contributed by atoms with van der Waals surface area (Å²) in [6.07, 6.45) is 1.98. The number of hydrogen-bond donors (Lipinski definition) is 2. The Hall–Kier alpha value is -3.26. The number of esters is 1. The van der Waals surface area contributed by atoms with E-state index in [1.807, 2.05) is 68.6 Å². The van der Waals surface area contributed by atoms with E-state index in [0.29, 0.717) is 17.0 Å². The summed E-state index contributed by atoms with van der Waals surface area (Å²) in [6, 6.07) is 14.2. The summed E-state index contributed by atoms with van der Waals surface area (Å²) < 4.78 is 5.24. The second-order valence-corrected chi connectivity index (χ2v) is 8.85. The molecule has 2 aliphatic heterocycles. The standard InChI is InChI=1S/C24H25N3O4S/c1-14(2)17-6-4-5-7-18(17)25-20(28)12-27-19-13-31-23(29)21(19)22(26-24(27)30)15-8-10-16(32-3)11-9-15/h4-11,14,22H,12-13H2,1-3H3,(H,25,28)(H,26,30)/t22-/m0/s1. The van der Waals surface area contributed by atoms with Gasteiger partial charge in [0.2, 0.25) is 5.91 Å². The molecule has 0 saturated heterocycles. The van der Waals surface area contributed by atoms with Crippen LogP contribution in [0.25, 0.3) is 0 Å². The van der Waals surface area contributed by atoms with Crippen LogP contribution >= 0.6 is 11.8 Å². The average Bonchev–Trinajstić information content (AvgIpc) is 3.17. The maximum atomic E-state index is 12.9. The van der Waals surface area contributed by atoms with E-state index < -0.39 is 18.0 Å². The third kappa shape index (κ3) is 4.23. The predicted octanol–water partition coefficient (Wildman–Crippen LogP) is 4.05. The lowest BCUT2D eigenvalue weighted by Crippen LogP contribution is -2.49. The Bertz CT molecular complexity index is 1090. The number of rotatable bonds is 6. The molecule has 0 saturated carbocycles. The fourth-order valence-electron chi connectivity index (χ4n) is 3.97. The van der Waals surface area contributed by atoms with Crippen molar-refractivity contribution in [1.29, 1.82) is 0 Å². The van der Waals surface area contributed by atoms with Crippen molar-refractivity contribution in [3.63, 3.8) is 0 Å². The van der Waals surface area contributed by atoms with Crippen molar-refractivity contribution in [2.24, 2.45) is 0 Å². The minimum atomic E-state index is -0.607. The molecule has 32 heavy (non-hydrogen) atoms. The molecule has 4 rings (SSSR count). The molecule has 7 nitrogen and oxygen atoms in total. The van der Waals surface area contributed by atoms with Crippen LogP contribution in [-0.2, 0) is 14.3 Å². The van der Waals surface area contributed by atoms with Crippen LogP contribution in [0.4, 0.5) is 10.5 Å². The van der Waals surface area contributed by atoms with Crippen LogP contribution in [0.1, 0.15) is 36.9 Å². The molecular formula is C24H25N3O4S. The lowest BCUT2D eigenvalue weighted by Gasteiger charge is -2.32. The zero-order valence-electron chi connectivity index (χ0n) is 18.2. The normalized spacial score (nSPS) is 17.9. The maximum absolute atomic E-state index is 12.9. The van der Waals surface area contributed by atoms with Gasteiger partial charge in [-0.3, -0.25) is 9.69 Å². The molecule has 1 atom stereocenters. The average molecular weight is 452 g/mol. The van der Waals surface area contributed by atoms with E-state index in [0.717, 1.165) is 16.0 Å². The van der Waals surface area contributed by atoms with E-state index in [2.05, 4.69) is 10.6 Å². The summed E-state index contributed by atoms with van der Waals surface area (Å²) in [5.74, 6) is -0.588. The molecule has 2 N–H and O–H groups in total. The zero-order chi connectivity index (χ0) is 22.8. The number of cyclic esters (lactones) is 1. The second kappa shape index (κ2) is 9.08. The molecule has 0 radical (unpaired) electrons. The van der Waals surface area contributed by atoms with E-state index >= 15 is 0 Å². The summed E-state index contributed by atoms with van der Waals surface area (Å²) in [7, 11) is 0. The molecule has 0 bridgehead atoms. The van der Waals surface area contributed by atoms with Crippen LogP contribution in [0, 0.1) is 0 Å². The number of thioether (sulfide) groups is 1. The molecule has 2 aromatic carbocycles. The Morgan fingerprint density at radius 2 is 1.91 bits per heavy atom. The summed E-state index contributed by atoms with van der Waals surface area (Å²) in [5, 5.41) is 5.76. The molecular weight excluding hydrogens is 426 g/mol. The van der Waals surface area contributed by atoms with Crippen LogP contribution < -0.4 is 10.6 Å². The third-order valence-electron chi connectivity index (χ3n) is 5.61. The third-order valence-corrected chi connectivity index (χ3v) is 6.35. The molecule has 2 aliphatic rings. The highest BCUT2D eigenvalue weighted by Crippen LogP contribution is 2.35. The van der Waals surface area contributed by atoms with Gasteiger partial charge in [-0.1, -0.05) is 44.2 Å². The highest BCUT2D eigenvalue weighted by atomic mass is 32.2. The summed E-state index contributed by atoms with van der Waals surface area (Å²) >= 11 is 1.61. The number of amides is 3. The Labute approximate surface area is 191 Å². The number of carbonyl (C=O) groups excluding carboxylic acids is 3.